The molecule has 0 unspecified atom stereocenters. The van der Waals surface area contributed by atoms with Gasteiger partial charge in [-0.2, -0.15) is 0 Å². The van der Waals surface area contributed by atoms with Crippen LogP contribution in [0.2, 0.25) is 0 Å². The minimum Gasteiger partial charge on any atom is -0.478 e. The number of aromatic carboxylic acids is 1. The normalized spacial score (nSPS) is 10.0. The van der Waals surface area contributed by atoms with Crippen LogP contribution in [0, 0.1) is 0 Å². The summed E-state index contributed by atoms with van der Waals surface area (Å²) in [4.78, 5) is 22.5. The second kappa shape index (κ2) is 5.67. The summed E-state index contributed by atoms with van der Waals surface area (Å²) in [5.41, 5.74) is 6.05. The van der Waals surface area contributed by atoms with Crippen LogP contribution in [0.4, 0.5) is 11.4 Å². The topological polar surface area (TPSA) is 92.4 Å². The molecule has 92 valence electrons. The molecule has 0 saturated carbocycles. The first-order valence-electron chi connectivity index (χ1n) is 5.07. The lowest BCUT2D eigenvalue weighted by atomic mass is 10.1. The van der Waals surface area contributed by atoms with E-state index in [2.05, 4.69) is 21.2 Å². The highest BCUT2D eigenvalue weighted by atomic mass is 79.9. The molecule has 0 bridgehead atoms. The van der Waals surface area contributed by atoms with Crippen LogP contribution < -0.4 is 11.1 Å². The highest BCUT2D eigenvalue weighted by Gasteiger charge is 2.16. The van der Waals surface area contributed by atoms with Gasteiger partial charge in [0.1, 0.15) is 0 Å². The summed E-state index contributed by atoms with van der Waals surface area (Å²) >= 11 is 3.16. The van der Waals surface area contributed by atoms with Crippen LogP contribution in [0.5, 0.6) is 0 Å². The molecule has 0 aromatic heterocycles. The molecule has 6 heteroatoms. The lowest BCUT2D eigenvalue weighted by Crippen LogP contribution is -2.15. The zero-order chi connectivity index (χ0) is 13.0. The number of carboxylic acid groups (broad SMARTS) is 1. The molecule has 1 rings (SSSR count). The molecule has 0 spiro atoms. The Morgan fingerprint density at radius 3 is 2.65 bits per heavy atom. The number of rotatable bonds is 4. The molecule has 0 heterocycles. The Morgan fingerprint density at radius 2 is 2.12 bits per heavy atom. The maximum Gasteiger partial charge on any atom is 0.337 e. The van der Waals surface area contributed by atoms with Gasteiger partial charge in [0.2, 0.25) is 5.91 Å². The molecular formula is C11H13BrN2O3. The summed E-state index contributed by atoms with van der Waals surface area (Å²) in [5.74, 6) is -1.38. The zero-order valence-electron chi connectivity index (χ0n) is 9.29. The van der Waals surface area contributed by atoms with E-state index >= 15 is 0 Å². The van der Waals surface area contributed by atoms with Gasteiger partial charge in [0.25, 0.3) is 0 Å². The van der Waals surface area contributed by atoms with Crippen LogP contribution in [-0.4, -0.2) is 17.0 Å². The van der Waals surface area contributed by atoms with Crippen LogP contribution >= 0.6 is 15.9 Å². The Bertz CT molecular complexity index is 460. The van der Waals surface area contributed by atoms with Gasteiger partial charge in [-0.1, -0.05) is 22.9 Å². The van der Waals surface area contributed by atoms with Crippen molar-refractivity contribution in [2.45, 2.75) is 19.8 Å². The fourth-order valence-electron chi connectivity index (χ4n) is 1.37. The van der Waals surface area contributed by atoms with Crippen LogP contribution in [0.15, 0.2) is 16.6 Å². The van der Waals surface area contributed by atoms with Gasteiger partial charge < -0.3 is 16.2 Å². The molecular weight excluding hydrogens is 288 g/mol. The Hall–Kier alpha value is -1.56. The third-order valence-corrected chi connectivity index (χ3v) is 2.56. The highest BCUT2D eigenvalue weighted by molar-refractivity contribution is 9.10. The third kappa shape index (κ3) is 3.45. The van der Waals surface area contributed by atoms with Gasteiger partial charge in [0.05, 0.1) is 16.9 Å². The number of halogens is 1. The van der Waals surface area contributed by atoms with Gasteiger partial charge in [-0.3, -0.25) is 4.79 Å². The smallest absolute Gasteiger partial charge is 0.337 e. The van der Waals surface area contributed by atoms with Crippen molar-refractivity contribution in [3.05, 3.63) is 22.2 Å². The molecule has 0 aliphatic heterocycles. The van der Waals surface area contributed by atoms with Crippen molar-refractivity contribution < 1.29 is 14.7 Å². The molecule has 0 fully saturated rings. The van der Waals surface area contributed by atoms with Crippen molar-refractivity contribution in [2.24, 2.45) is 0 Å². The first kappa shape index (κ1) is 13.5. The first-order valence-corrected chi connectivity index (χ1v) is 5.87. The third-order valence-electron chi connectivity index (χ3n) is 2.11. The summed E-state index contributed by atoms with van der Waals surface area (Å²) < 4.78 is 0.556. The lowest BCUT2D eigenvalue weighted by Gasteiger charge is -2.11. The van der Waals surface area contributed by atoms with E-state index in [4.69, 9.17) is 10.8 Å². The second-order valence-electron chi connectivity index (χ2n) is 3.52. The molecule has 0 saturated heterocycles. The molecule has 1 amide bonds. The summed E-state index contributed by atoms with van der Waals surface area (Å²) in [6.45, 7) is 1.86. The van der Waals surface area contributed by atoms with Gasteiger partial charge >= 0.3 is 5.97 Å². The molecule has 4 N–H and O–H groups in total. The number of hydrogen-bond acceptors (Lipinski definition) is 3. The number of nitrogens with two attached hydrogens (primary N) is 1. The van der Waals surface area contributed by atoms with E-state index in [-0.39, 0.29) is 22.8 Å². The van der Waals surface area contributed by atoms with Crippen molar-refractivity contribution in [2.75, 3.05) is 11.1 Å². The minimum absolute atomic E-state index is 0.0265. The van der Waals surface area contributed by atoms with E-state index in [1.165, 1.54) is 6.07 Å². The molecule has 0 aliphatic rings. The van der Waals surface area contributed by atoms with Crippen molar-refractivity contribution in [3.63, 3.8) is 0 Å². The molecule has 1 aromatic rings. The number of hydrogen-bond donors (Lipinski definition) is 3. The van der Waals surface area contributed by atoms with Crippen LogP contribution in [0.3, 0.4) is 0 Å². The van der Waals surface area contributed by atoms with E-state index in [1.807, 2.05) is 6.92 Å². The van der Waals surface area contributed by atoms with Crippen LogP contribution in [0.25, 0.3) is 0 Å². The van der Waals surface area contributed by atoms with Gasteiger partial charge in [0, 0.05) is 10.9 Å². The number of carboxylic acids is 1. The number of anilines is 2. The summed E-state index contributed by atoms with van der Waals surface area (Å²) in [7, 11) is 0. The van der Waals surface area contributed by atoms with Crippen molar-refractivity contribution in [1.82, 2.24) is 0 Å². The molecule has 17 heavy (non-hydrogen) atoms. The number of carbonyl (C=O) groups excluding carboxylic acids is 1. The van der Waals surface area contributed by atoms with Crippen LogP contribution in [-0.2, 0) is 4.79 Å². The fourth-order valence-corrected chi connectivity index (χ4v) is 1.84. The first-order chi connectivity index (χ1) is 7.95. The molecule has 0 radical (unpaired) electrons. The van der Waals surface area contributed by atoms with E-state index < -0.39 is 5.97 Å². The Morgan fingerprint density at radius 1 is 1.47 bits per heavy atom. The van der Waals surface area contributed by atoms with Crippen LogP contribution in [0.1, 0.15) is 30.1 Å². The predicted octanol–water partition coefficient (Wildman–Crippen LogP) is 2.47. The number of carbonyl (C=O) groups is 2. The Kier molecular flexibility index (Phi) is 4.51. The standard InChI is InChI=1S/C11H13BrN2O3/c1-2-3-9(15)14-10-7(11(16)17)4-6(12)5-8(10)13/h4-5H,2-3,13H2,1H3,(H,14,15)(H,16,17). The highest BCUT2D eigenvalue weighted by Crippen LogP contribution is 2.28. The molecule has 1 aromatic carbocycles. The molecule has 0 aliphatic carbocycles. The summed E-state index contributed by atoms with van der Waals surface area (Å²) in [6.07, 6.45) is 1.01. The number of nitrogen functional groups attached to an aromatic ring is 1. The summed E-state index contributed by atoms with van der Waals surface area (Å²) in [6, 6.07) is 2.95. The Balaban J connectivity index is 3.12. The largest absolute Gasteiger partial charge is 0.478 e. The van der Waals surface area contributed by atoms with Crippen molar-refractivity contribution in [3.8, 4) is 0 Å². The average molecular weight is 301 g/mol. The van der Waals surface area contributed by atoms with E-state index in [1.54, 1.807) is 6.07 Å². The number of amides is 1. The van der Waals surface area contributed by atoms with Gasteiger partial charge in [0.15, 0.2) is 0 Å². The van der Waals surface area contributed by atoms with E-state index in [0.717, 1.165) is 0 Å². The SMILES string of the molecule is CCCC(=O)Nc1c(N)cc(Br)cc1C(=O)O. The number of benzene rings is 1. The quantitative estimate of drug-likeness (QED) is 0.745. The second-order valence-corrected chi connectivity index (χ2v) is 4.44. The van der Waals surface area contributed by atoms with E-state index in [9.17, 15) is 9.59 Å². The van der Waals surface area contributed by atoms with Gasteiger partial charge in [-0.25, -0.2) is 4.79 Å². The van der Waals surface area contributed by atoms with Crippen molar-refractivity contribution in [1.29, 1.82) is 0 Å². The van der Waals surface area contributed by atoms with Gasteiger partial charge in [-0.05, 0) is 18.6 Å². The monoisotopic (exact) mass is 300 g/mol. The van der Waals surface area contributed by atoms with Gasteiger partial charge in [-0.15, -0.1) is 0 Å². The summed E-state index contributed by atoms with van der Waals surface area (Å²) in [5, 5.41) is 11.6. The fraction of sp³-hybridized carbons (Fsp3) is 0.273. The Labute approximate surface area is 107 Å². The maximum absolute atomic E-state index is 11.5. The average Bonchev–Trinajstić information content (AvgIpc) is 2.21. The number of nitrogens with one attached hydrogen (secondary N) is 1. The van der Waals surface area contributed by atoms with Crippen molar-refractivity contribution >= 4 is 39.2 Å². The predicted molar refractivity (Wildman–Crippen MR) is 69.1 cm³/mol. The lowest BCUT2D eigenvalue weighted by molar-refractivity contribution is -0.116. The minimum atomic E-state index is -1.13. The van der Waals surface area contributed by atoms with E-state index in [0.29, 0.717) is 17.3 Å². The zero-order valence-corrected chi connectivity index (χ0v) is 10.9. The molecule has 0 atom stereocenters. The maximum atomic E-state index is 11.5. The molecule has 5 nitrogen and oxygen atoms in total.